The summed E-state index contributed by atoms with van der Waals surface area (Å²) in [6.07, 6.45) is 2.67. The van der Waals surface area contributed by atoms with Crippen molar-refractivity contribution in [2.45, 2.75) is 25.3 Å². The van der Waals surface area contributed by atoms with Crippen LogP contribution in [-0.2, 0) is 4.79 Å². The molecule has 17 heavy (non-hydrogen) atoms. The molecule has 0 radical (unpaired) electrons. The minimum Gasteiger partial charge on any atom is -0.491 e. The van der Waals surface area contributed by atoms with Gasteiger partial charge in [-0.3, -0.25) is 4.79 Å². The standard InChI is InChI=1S/C13H18N2O2/c1-15(10-6-7-10)13(16)8-9-17-12-5-3-2-4-11(12)14/h2-5,10H,6-9,14H2,1H3. The number of anilines is 1. The molecule has 0 bridgehead atoms. The van der Waals surface area contributed by atoms with E-state index in [-0.39, 0.29) is 5.91 Å². The fourth-order valence-corrected chi connectivity index (χ4v) is 1.70. The van der Waals surface area contributed by atoms with Gasteiger partial charge in [-0.25, -0.2) is 0 Å². The number of hydrogen-bond donors (Lipinski definition) is 1. The lowest BCUT2D eigenvalue weighted by molar-refractivity contribution is -0.130. The van der Waals surface area contributed by atoms with Gasteiger partial charge < -0.3 is 15.4 Å². The zero-order valence-corrected chi connectivity index (χ0v) is 10.1. The van der Waals surface area contributed by atoms with E-state index in [2.05, 4.69) is 0 Å². The van der Waals surface area contributed by atoms with Crippen LogP contribution in [0, 0.1) is 0 Å². The molecular formula is C13H18N2O2. The Bertz CT molecular complexity index is 402. The maximum absolute atomic E-state index is 11.7. The Morgan fingerprint density at radius 3 is 2.82 bits per heavy atom. The lowest BCUT2D eigenvalue weighted by atomic mass is 10.3. The van der Waals surface area contributed by atoms with E-state index in [0.29, 0.717) is 30.5 Å². The maximum atomic E-state index is 11.7. The predicted molar refractivity (Wildman–Crippen MR) is 66.8 cm³/mol. The molecule has 1 saturated carbocycles. The van der Waals surface area contributed by atoms with Crippen LogP contribution in [0.15, 0.2) is 24.3 Å². The Balaban J connectivity index is 1.75. The van der Waals surface area contributed by atoms with Crippen molar-refractivity contribution in [3.8, 4) is 5.75 Å². The van der Waals surface area contributed by atoms with Crippen molar-refractivity contribution in [1.29, 1.82) is 0 Å². The lowest BCUT2D eigenvalue weighted by Crippen LogP contribution is -2.29. The van der Waals surface area contributed by atoms with Gasteiger partial charge in [0.25, 0.3) is 0 Å². The largest absolute Gasteiger partial charge is 0.491 e. The summed E-state index contributed by atoms with van der Waals surface area (Å²) < 4.78 is 5.49. The number of ether oxygens (including phenoxy) is 1. The SMILES string of the molecule is CN(C(=O)CCOc1ccccc1N)C1CC1. The van der Waals surface area contributed by atoms with E-state index in [9.17, 15) is 4.79 Å². The van der Waals surface area contributed by atoms with Crippen molar-refractivity contribution in [3.63, 3.8) is 0 Å². The van der Waals surface area contributed by atoms with Crippen molar-refractivity contribution >= 4 is 11.6 Å². The summed E-state index contributed by atoms with van der Waals surface area (Å²) in [6, 6.07) is 7.78. The molecule has 0 atom stereocenters. The van der Waals surface area contributed by atoms with E-state index in [4.69, 9.17) is 10.5 Å². The van der Waals surface area contributed by atoms with Gasteiger partial charge in [-0.1, -0.05) is 12.1 Å². The summed E-state index contributed by atoms with van der Waals surface area (Å²) in [7, 11) is 1.86. The average Bonchev–Trinajstić information content (AvgIpc) is 3.14. The fraction of sp³-hybridized carbons (Fsp3) is 0.462. The number of carbonyl (C=O) groups excluding carboxylic acids is 1. The Morgan fingerprint density at radius 2 is 2.18 bits per heavy atom. The first kappa shape index (κ1) is 11.8. The Hall–Kier alpha value is -1.71. The molecule has 1 aliphatic rings. The van der Waals surface area contributed by atoms with E-state index in [1.54, 1.807) is 6.07 Å². The molecule has 0 unspecified atom stereocenters. The number of rotatable bonds is 5. The zero-order chi connectivity index (χ0) is 12.3. The molecule has 1 aromatic carbocycles. The van der Waals surface area contributed by atoms with Crippen LogP contribution in [0.2, 0.25) is 0 Å². The third kappa shape index (κ3) is 3.12. The summed E-state index contributed by atoms with van der Waals surface area (Å²) >= 11 is 0. The Morgan fingerprint density at radius 1 is 1.47 bits per heavy atom. The lowest BCUT2D eigenvalue weighted by Gasteiger charge is -2.16. The number of benzene rings is 1. The quantitative estimate of drug-likeness (QED) is 0.788. The molecule has 1 fully saturated rings. The van der Waals surface area contributed by atoms with Crippen LogP contribution in [0.3, 0.4) is 0 Å². The summed E-state index contributed by atoms with van der Waals surface area (Å²) in [6.45, 7) is 0.379. The van der Waals surface area contributed by atoms with Crippen LogP contribution in [-0.4, -0.2) is 30.5 Å². The van der Waals surface area contributed by atoms with E-state index < -0.39 is 0 Å². The third-order valence-electron chi connectivity index (χ3n) is 2.98. The second kappa shape index (κ2) is 5.08. The number of amides is 1. The van der Waals surface area contributed by atoms with E-state index in [1.807, 2.05) is 30.1 Å². The van der Waals surface area contributed by atoms with E-state index in [0.717, 1.165) is 12.8 Å². The molecule has 4 heteroatoms. The molecule has 92 valence electrons. The smallest absolute Gasteiger partial charge is 0.225 e. The first-order valence-corrected chi connectivity index (χ1v) is 5.91. The number of hydrogen-bond acceptors (Lipinski definition) is 3. The fourth-order valence-electron chi connectivity index (χ4n) is 1.70. The molecule has 0 spiro atoms. The number of nitrogen functional groups attached to an aromatic ring is 1. The summed E-state index contributed by atoms with van der Waals surface area (Å²) in [5, 5.41) is 0. The first-order valence-electron chi connectivity index (χ1n) is 5.91. The normalized spacial score (nSPS) is 14.4. The number of carbonyl (C=O) groups is 1. The number of nitrogens with two attached hydrogens (primary N) is 1. The van der Waals surface area contributed by atoms with Crippen LogP contribution in [0.5, 0.6) is 5.75 Å². The second-order valence-corrected chi connectivity index (χ2v) is 4.37. The van der Waals surface area contributed by atoms with Crippen molar-refractivity contribution in [3.05, 3.63) is 24.3 Å². The van der Waals surface area contributed by atoms with Crippen molar-refractivity contribution in [2.75, 3.05) is 19.4 Å². The van der Waals surface area contributed by atoms with E-state index in [1.165, 1.54) is 0 Å². The van der Waals surface area contributed by atoms with Crippen molar-refractivity contribution in [1.82, 2.24) is 4.90 Å². The van der Waals surface area contributed by atoms with Gasteiger partial charge in [0, 0.05) is 13.1 Å². The van der Waals surface area contributed by atoms with Crippen LogP contribution < -0.4 is 10.5 Å². The predicted octanol–water partition coefficient (Wildman–Crippen LogP) is 1.66. The monoisotopic (exact) mass is 234 g/mol. The van der Waals surface area contributed by atoms with Gasteiger partial charge in [-0.05, 0) is 25.0 Å². The van der Waals surface area contributed by atoms with Gasteiger partial charge in [0.15, 0.2) is 0 Å². The first-order chi connectivity index (χ1) is 8.18. The molecule has 0 saturated heterocycles. The van der Waals surface area contributed by atoms with Gasteiger partial charge in [0.1, 0.15) is 5.75 Å². The molecule has 1 aliphatic carbocycles. The average molecular weight is 234 g/mol. The molecular weight excluding hydrogens is 216 g/mol. The number of para-hydroxylation sites is 2. The van der Waals surface area contributed by atoms with Crippen LogP contribution in [0.25, 0.3) is 0 Å². The molecule has 0 aromatic heterocycles. The zero-order valence-electron chi connectivity index (χ0n) is 10.1. The minimum absolute atomic E-state index is 0.141. The van der Waals surface area contributed by atoms with Gasteiger partial charge >= 0.3 is 0 Å². The van der Waals surface area contributed by atoms with Gasteiger partial charge in [-0.15, -0.1) is 0 Å². The highest BCUT2D eigenvalue weighted by molar-refractivity contribution is 5.76. The third-order valence-corrected chi connectivity index (χ3v) is 2.98. The van der Waals surface area contributed by atoms with Crippen LogP contribution >= 0.6 is 0 Å². The maximum Gasteiger partial charge on any atom is 0.225 e. The summed E-state index contributed by atoms with van der Waals surface area (Å²) in [5.74, 6) is 0.788. The van der Waals surface area contributed by atoms with Gasteiger partial charge in [0.2, 0.25) is 5.91 Å². The highest BCUT2D eigenvalue weighted by atomic mass is 16.5. The second-order valence-electron chi connectivity index (χ2n) is 4.37. The van der Waals surface area contributed by atoms with E-state index >= 15 is 0 Å². The Kier molecular flexibility index (Phi) is 3.52. The Labute approximate surface area is 101 Å². The molecule has 2 N–H and O–H groups in total. The molecule has 0 heterocycles. The molecule has 2 rings (SSSR count). The molecule has 1 amide bonds. The summed E-state index contributed by atoms with van der Waals surface area (Å²) in [5.41, 5.74) is 6.34. The molecule has 1 aromatic rings. The van der Waals surface area contributed by atoms with Crippen molar-refractivity contribution < 1.29 is 9.53 Å². The number of nitrogens with zero attached hydrogens (tertiary/aromatic N) is 1. The van der Waals surface area contributed by atoms with Crippen LogP contribution in [0.1, 0.15) is 19.3 Å². The highest BCUT2D eigenvalue weighted by Gasteiger charge is 2.29. The molecule has 0 aliphatic heterocycles. The van der Waals surface area contributed by atoms with Gasteiger partial charge in [0.05, 0.1) is 18.7 Å². The summed E-state index contributed by atoms with van der Waals surface area (Å²) in [4.78, 5) is 13.5. The van der Waals surface area contributed by atoms with Gasteiger partial charge in [-0.2, -0.15) is 0 Å². The topological polar surface area (TPSA) is 55.6 Å². The highest BCUT2D eigenvalue weighted by Crippen LogP contribution is 2.26. The minimum atomic E-state index is 0.141. The molecule has 4 nitrogen and oxygen atoms in total. The van der Waals surface area contributed by atoms with Crippen molar-refractivity contribution in [2.24, 2.45) is 0 Å². The van der Waals surface area contributed by atoms with Crippen LogP contribution in [0.4, 0.5) is 5.69 Å².